The van der Waals surface area contributed by atoms with Crippen LogP contribution in [0.1, 0.15) is 18.4 Å². The molecule has 0 aliphatic carbocycles. The zero-order valence-electron chi connectivity index (χ0n) is 11.8. The third-order valence-corrected chi connectivity index (χ3v) is 2.70. The van der Waals surface area contributed by atoms with Gasteiger partial charge in [0.15, 0.2) is 11.6 Å². The lowest BCUT2D eigenvalue weighted by molar-refractivity contribution is -0.136. The summed E-state index contributed by atoms with van der Waals surface area (Å²) in [5.41, 5.74) is 0.568. The van der Waals surface area contributed by atoms with E-state index in [2.05, 4.69) is 5.32 Å². The molecule has 0 amide bonds. The smallest absolute Gasteiger partial charge is 0.389 e. The van der Waals surface area contributed by atoms with E-state index in [0.717, 1.165) is 0 Å². The number of nitrogens with one attached hydrogen (secondary N) is 1. The minimum atomic E-state index is -4.22. The normalized spacial score (nSPS) is 11.7. The molecule has 1 N–H and O–H groups in total. The van der Waals surface area contributed by atoms with Crippen LogP contribution in [-0.2, 0) is 11.3 Å². The fraction of sp³-hybridized carbons (Fsp3) is 0.571. The van der Waals surface area contributed by atoms with Crippen LogP contribution in [0, 0.1) is 5.82 Å². The monoisotopic (exact) mass is 309 g/mol. The molecule has 1 rings (SSSR count). The molecule has 0 fully saturated rings. The predicted molar refractivity (Wildman–Crippen MR) is 70.8 cm³/mol. The van der Waals surface area contributed by atoms with Gasteiger partial charge in [0.2, 0.25) is 0 Å². The van der Waals surface area contributed by atoms with E-state index < -0.39 is 18.4 Å². The van der Waals surface area contributed by atoms with Crippen LogP contribution in [0.15, 0.2) is 18.2 Å². The molecule has 0 aromatic heterocycles. The maximum Gasteiger partial charge on any atom is 0.389 e. The van der Waals surface area contributed by atoms with E-state index in [1.807, 2.05) is 0 Å². The van der Waals surface area contributed by atoms with Gasteiger partial charge in [-0.2, -0.15) is 13.2 Å². The van der Waals surface area contributed by atoms with Gasteiger partial charge >= 0.3 is 6.18 Å². The SMILES string of the molecule is COCCNCc1cccc(F)c1OCCCC(F)(F)F. The van der Waals surface area contributed by atoms with Gasteiger partial charge in [-0.1, -0.05) is 12.1 Å². The summed E-state index contributed by atoms with van der Waals surface area (Å²) < 4.78 is 59.8. The number of hydrogen-bond acceptors (Lipinski definition) is 3. The Labute approximate surface area is 121 Å². The standard InChI is InChI=1S/C14H19F4NO2/c1-20-9-7-19-10-11-4-2-5-12(15)13(11)21-8-3-6-14(16,17)18/h2,4-5,19H,3,6-10H2,1H3. The number of hydrogen-bond donors (Lipinski definition) is 1. The number of ether oxygens (including phenoxy) is 2. The van der Waals surface area contributed by atoms with Crippen molar-refractivity contribution in [2.45, 2.75) is 25.6 Å². The van der Waals surface area contributed by atoms with Crippen LogP contribution in [0.5, 0.6) is 5.75 Å². The second kappa shape index (κ2) is 8.84. The van der Waals surface area contributed by atoms with Crippen LogP contribution in [0.3, 0.4) is 0 Å². The second-order valence-corrected chi connectivity index (χ2v) is 4.46. The van der Waals surface area contributed by atoms with E-state index in [0.29, 0.717) is 25.3 Å². The predicted octanol–water partition coefficient (Wildman–Crippen LogP) is 3.28. The summed E-state index contributed by atoms with van der Waals surface area (Å²) in [6, 6.07) is 4.42. The first-order chi connectivity index (χ1) is 9.94. The van der Waals surface area contributed by atoms with Gasteiger partial charge in [-0.3, -0.25) is 0 Å². The van der Waals surface area contributed by atoms with E-state index in [1.54, 1.807) is 13.2 Å². The molecule has 0 bridgehead atoms. The van der Waals surface area contributed by atoms with Crippen molar-refractivity contribution in [1.82, 2.24) is 5.32 Å². The zero-order chi connectivity index (χ0) is 15.7. The molecule has 7 heteroatoms. The summed E-state index contributed by atoms with van der Waals surface area (Å²) in [6.07, 6.45) is -5.36. The first kappa shape index (κ1) is 17.7. The fourth-order valence-corrected chi connectivity index (χ4v) is 1.70. The summed E-state index contributed by atoms with van der Waals surface area (Å²) >= 11 is 0. The summed E-state index contributed by atoms with van der Waals surface area (Å²) in [4.78, 5) is 0. The number of rotatable bonds is 9. The molecule has 0 heterocycles. The Balaban J connectivity index is 2.51. The quantitative estimate of drug-likeness (QED) is 0.561. The second-order valence-electron chi connectivity index (χ2n) is 4.46. The summed E-state index contributed by atoms with van der Waals surface area (Å²) in [5, 5.41) is 3.03. The Morgan fingerprint density at radius 3 is 2.62 bits per heavy atom. The third kappa shape index (κ3) is 7.29. The largest absolute Gasteiger partial charge is 0.490 e. The number of para-hydroxylation sites is 1. The van der Waals surface area contributed by atoms with Crippen LogP contribution < -0.4 is 10.1 Å². The van der Waals surface area contributed by atoms with Crippen molar-refractivity contribution >= 4 is 0 Å². The van der Waals surface area contributed by atoms with Gasteiger partial charge in [0, 0.05) is 32.2 Å². The van der Waals surface area contributed by atoms with Crippen LogP contribution in [-0.4, -0.2) is 33.0 Å². The Morgan fingerprint density at radius 1 is 1.19 bits per heavy atom. The topological polar surface area (TPSA) is 30.5 Å². The van der Waals surface area contributed by atoms with Crippen LogP contribution in [0.2, 0.25) is 0 Å². The van der Waals surface area contributed by atoms with Gasteiger partial charge in [0.25, 0.3) is 0 Å². The molecule has 0 aliphatic rings. The molecule has 0 spiro atoms. The van der Waals surface area contributed by atoms with Crippen LogP contribution in [0.4, 0.5) is 17.6 Å². The van der Waals surface area contributed by atoms with Gasteiger partial charge in [-0.05, 0) is 12.5 Å². The highest BCUT2D eigenvalue weighted by Crippen LogP contribution is 2.25. The Kier molecular flexibility index (Phi) is 7.45. The molecule has 3 nitrogen and oxygen atoms in total. The van der Waals surface area contributed by atoms with Crippen molar-refractivity contribution in [3.05, 3.63) is 29.6 Å². The molecular weight excluding hydrogens is 290 g/mol. The van der Waals surface area contributed by atoms with Crippen molar-refractivity contribution in [3.8, 4) is 5.75 Å². The van der Waals surface area contributed by atoms with Gasteiger partial charge in [-0.15, -0.1) is 0 Å². The van der Waals surface area contributed by atoms with E-state index in [1.165, 1.54) is 12.1 Å². The highest BCUT2D eigenvalue weighted by atomic mass is 19.4. The summed E-state index contributed by atoms with van der Waals surface area (Å²) in [5.74, 6) is -0.572. The van der Waals surface area contributed by atoms with E-state index in [4.69, 9.17) is 9.47 Å². The third-order valence-electron chi connectivity index (χ3n) is 2.70. The van der Waals surface area contributed by atoms with Crippen molar-refractivity contribution in [3.63, 3.8) is 0 Å². The van der Waals surface area contributed by atoms with Crippen LogP contribution >= 0.6 is 0 Å². The van der Waals surface area contributed by atoms with E-state index >= 15 is 0 Å². The molecule has 0 atom stereocenters. The zero-order valence-corrected chi connectivity index (χ0v) is 11.8. The first-order valence-corrected chi connectivity index (χ1v) is 6.60. The number of benzene rings is 1. The first-order valence-electron chi connectivity index (χ1n) is 6.60. The molecule has 0 unspecified atom stereocenters. The van der Waals surface area contributed by atoms with Crippen molar-refractivity contribution < 1.29 is 27.0 Å². The van der Waals surface area contributed by atoms with Gasteiger partial charge in [0.05, 0.1) is 13.2 Å². The molecule has 1 aromatic rings. The molecular formula is C14H19F4NO2. The molecule has 0 radical (unpaired) electrons. The lowest BCUT2D eigenvalue weighted by Crippen LogP contribution is -2.19. The van der Waals surface area contributed by atoms with E-state index in [9.17, 15) is 17.6 Å². The molecule has 1 aromatic carbocycles. The van der Waals surface area contributed by atoms with Crippen molar-refractivity contribution in [2.24, 2.45) is 0 Å². The van der Waals surface area contributed by atoms with E-state index in [-0.39, 0.29) is 18.8 Å². The molecule has 0 saturated heterocycles. The minimum absolute atomic E-state index is 0.00425. The average Bonchev–Trinajstić information content (AvgIpc) is 2.40. The maximum atomic E-state index is 13.7. The minimum Gasteiger partial charge on any atom is -0.490 e. The molecule has 0 aliphatic heterocycles. The summed E-state index contributed by atoms with van der Waals surface area (Å²) in [7, 11) is 1.57. The molecule has 21 heavy (non-hydrogen) atoms. The van der Waals surface area contributed by atoms with Gasteiger partial charge in [-0.25, -0.2) is 4.39 Å². The Morgan fingerprint density at radius 2 is 1.95 bits per heavy atom. The molecule has 120 valence electrons. The average molecular weight is 309 g/mol. The Bertz CT molecular complexity index is 424. The summed E-state index contributed by atoms with van der Waals surface area (Å²) in [6.45, 7) is 1.28. The maximum absolute atomic E-state index is 13.7. The molecule has 0 saturated carbocycles. The van der Waals surface area contributed by atoms with Gasteiger partial charge < -0.3 is 14.8 Å². The highest BCUT2D eigenvalue weighted by molar-refractivity contribution is 5.34. The van der Waals surface area contributed by atoms with Gasteiger partial charge in [0.1, 0.15) is 0 Å². The van der Waals surface area contributed by atoms with Crippen molar-refractivity contribution in [2.75, 3.05) is 26.9 Å². The number of methoxy groups -OCH3 is 1. The fourth-order valence-electron chi connectivity index (χ4n) is 1.70. The Hall–Kier alpha value is -1.34. The lowest BCUT2D eigenvalue weighted by atomic mass is 10.2. The highest BCUT2D eigenvalue weighted by Gasteiger charge is 2.26. The number of halogens is 4. The van der Waals surface area contributed by atoms with Crippen LogP contribution in [0.25, 0.3) is 0 Å². The van der Waals surface area contributed by atoms with Crippen molar-refractivity contribution in [1.29, 1.82) is 0 Å². The lowest BCUT2D eigenvalue weighted by Gasteiger charge is -2.13. The number of alkyl halides is 3.